The molecule has 1 aliphatic carbocycles. The zero-order valence-corrected chi connectivity index (χ0v) is 12.3. The maximum atomic E-state index is 12.5. The fourth-order valence-electron chi connectivity index (χ4n) is 2.33. The monoisotopic (exact) mass is 265 g/mol. The van der Waals surface area contributed by atoms with Crippen molar-refractivity contribution in [2.45, 2.75) is 44.6 Å². The Kier molecular flexibility index (Phi) is 4.57. The van der Waals surface area contributed by atoms with E-state index in [1.807, 2.05) is 6.92 Å². The van der Waals surface area contributed by atoms with Crippen molar-refractivity contribution < 1.29 is 4.21 Å². The molecule has 0 aromatic heterocycles. The summed E-state index contributed by atoms with van der Waals surface area (Å²) in [4.78, 5) is 1.01. The summed E-state index contributed by atoms with van der Waals surface area (Å²) in [6.45, 7) is 7.19. The van der Waals surface area contributed by atoms with Crippen LogP contribution in [0.25, 0.3) is 0 Å². The molecule has 1 saturated carbocycles. The summed E-state index contributed by atoms with van der Waals surface area (Å²) in [5, 5.41) is 3.49. The summed E-state index contributed by atoms with van der Waals surface area (Å²) < 4.78 is 12.5. The molecule has 1 aromatic carbocycles. The van der Waals surface area contributed by atoms with Gasteiger partial charge in [-0.05, 0) is 56.3 Å². The number of aryl methyl sites for hydroxylation is 2. The van der Waals surface area contributed by atoms with Gasteiger partial charge in [0.2, 0.25) is 0 Å². The Morgan fingerprint density at radius 3 is 2.72 bits per heavy atom. The SMILES string of the molecule is CCNC(CS(=O)c1cc(C)ccc1C)C1CC1. The Hall–Kier alpha value is -0.670. The molecular formula is C15H23NOS. The van der Waals surface area contributed by atoms with Gasteiger partial charge in [-0.25, -0.2) is 0 Å². The Balaban J connectivity index is 2.07. The largest absolute Gasteiger partial charge is 0.313 e. The third-order valence-electron chi connectivity index (χ3n) is 3.58. The Morgan fingerprint density at radius 2 is 2.11 bits per heavy atom. The molecule has 18 heavy (non-hydrogen) atoms. The van der Waals surface area contributed by atoms with Crippen LogP contribution < -0.4 is 5.32 Å². The molecule has 1 N–H and O–H groups in total. The van der Waals surface area contributed by atoms with Crippen LogP contribution in [0.15, 0.2) is 23.1 Å². The molecule has 0 saturated heterocycles. The quantitative estimate of drug-likeness (QED) is 0.857. The number of rotatable bonds is 6. The van der Waals surface area contributed by atoms with Crippen LogP contribution in [-0.2, 0) is 10.8 Å². The topological polar surface area (TPSA) is 29.1 Å². The lowest BCUT2D eigenvalue weighted by molar-refractivity contribution is 0.514. The average molecular weight is 265 g/mol. The number of benzene rings is 1. The minimum atomic E-state index is -0.880. The molecular weight excluding hydrogens is 242 g/mol. The van der Waals surface area contributed by atoms with E-state index in [4.69, 9.17) is 0 Å². The molecule has 1 fully saturated rings. The van der Waals surface area contributed by atoms with E-state index in [1.165, 1.54) is 18.4 Å². The highest BCUT2D eigenvalue weighted by Crippen LogP contribution is 2.33. The number of hydrogen-bond acceptors (Lipinski definition) is 2. The minimum Gasteiger partial charge on any atom is -0.313 e. The van der Waals surface area contributed by atoms with E-state index in [0.29, 0.717) is 6.04 Å². The summed E-state index contributed by atoms with van der Waals surface area (Å²) in [5.41, 5.74) is 2.33. The van der Waals surface area contributed by atoms with E-state index in [2.05, 4.69) is 37.4 Å². The van der Waals surface area contributed by atoms with Gasteiger partial charge in [-0.1, -0.05) is 19.1 Å². The highest BCUT2D eigenvalue weighted by molar-refractivity contribution is 7.85. The van der Waals surface area contributed by atoms with Gasteiger partial charge < -0.3 is 5.32 Å². The van der Waals surface area contributed by atoms with Gasteiger partial charge in [0.15, 0.2) is 0 Å². The molecule has 2 atom stereocenters. The van der Waals surface area contributed by atoms with Crippen molar-refractivity contribution in [1.82, 2.24) is 5.32 Å². The maximum Gasteiger partial charge on any atom is 0.0548 e. The third kappa shape index (κ3) is 3.42. The molecule has 100 valence electrons. The van der Waals surface area contributed by atoms with Crippen molar-refractivity contribution in [2.24, 2.45) is 5.92 Å². The summed E-state index contributed by atoms with van der Waals surface area (Å²) in [7, 11) is -0.880. The summed E-state index contributed by atoms with van der Waals surface area (Å²) >= 11 is 0. The second-order valence-electron chi connectivity index (χ2n) is 5.28. The molecule has 2 unspecified atom stereocenters. The average Bonchev–Trinajstić information content (AvgIpc) is 3.15. The normalized spacial score (nSPS) is 18.6. The first-order valence-corrected chi connectivity index (χ1v) is 8.12. The summed E-state index contributed by atoms with van der Waals surface area (Å²) in [6.07, 6.45) is 2.59. The molecule has 0 aliphatic heterocycles. The maximum absolute atomic E-state index is 12.5. The highest BCUT2D eigenvalue weighted by Gasteiger charge is 2.32. The van der Waals surface area contributed by atoms with Crippen molar-refractivity contribution in [3.63, 3.8) is 0 Å². The van der Waals surface area contributed by atoms with Crippen molar-refractivity contribution >= 4 is 10.8 Å². The van der Waals surface area contributed by atoms with E-state index >= 15 is 0 Å². The van der Waals surface area contributed by atoms with Crippen molar-refractivity contribution in [1.29, 1.82) is 0 Å². The molecule has 0 amide bonds. The highest BCUT2D eigenvalue weighted by atomic mass is 32.2. The Labute approximate surface area is 113 Å². The number of hydrogen-bond donors (Lipinski definition) is 1. The van der Waals surface area contributed by atoms with Crippen LogP contribution in [0.2, 0.25) is 0 Å². The molecule has 1 aliphatic rings. The first kappa shape index (κ1) is 13.8. The summed E-state index contributed by atoms with van der Waals surface area (Å²) in [6, 6.07) is 6.65. The molecule has 0 heterocycles. The van der Waals surface area contributed by atoms with E-state index in [-0.39, 0.29) is 0 Å². The van der Waals surface area contributed by atoms with E-state index < -0.39 is 10.8 Å². The van der Waals surface area contributed by atoms with Gasteiger partial charge in [0.05, 0.1) is 10.8 Å². The van der Waals surface area contributed by atoms with Gasteiger partial charge in [0, 0.05) is 16.7 Å². The van der Waals surface area contributed by atoms with Crippen LogP contribution in [-0.4, -0.2) is 22.5 Å². The van der Waals surface area contributed by atoms with Crippen LogP contribution in [0.1, 0.15) is 30.9 Å². The van der Waals surface area contributed by atoms with Gasteiger partial charge >= 0.3 is 0 Å². The van der Waals surface area contributed by atoms with Crippen LogP contribution in [0.5, 0.6) is 0 Å². The van der Waals surface area contributed by atoms with Gasteiger partial charge in [0.1, 0.15) is 0 Å². The van der Waals surface area contributed by atoms with E-state index in [0.717, 1.165) is 28.7 Å². The smallest absolute Gasteiger partial charge is 0.0548 e. The Morgan fingerprint density at radius 1 is 1.39 bits per heavy atom. The lowest BCUT2D eigenvalue weighted by atomic mass is 10.2. The fourth-order valence-corrected chi connectivity index (χ4v) is 3.97. The van der Waals surface area contributed by atoms with Crippen LogP contribution in [0.4, 0.5) is 0 Å². The lowest BCUT2D eigenvalue weighted by Crippen LogP contribution is -2.35. The Bertz CT molecular complexity index is 440. The lowest BCUT2D eigenvalue weighted by Gasteiger charge is -2.17. The van der Waals surface area contributed by atoms with Gasteiger partial charge in [-0.15, -0.1) is 0 Å². The summed E-state index contributed by atoms with van der Waals surface area (Å²) in [5.74, 6) is 1.50. The van der Waals surface area contributed by atoms with Gasteiger partial charge in [0.25, 0.3) is 0 Å². The van der Waals surface area contributed by atoms with Crippen molar-refractivity contribution in [3.05, 3.63) is 29.3 Å². The first-order valence-electron chi connectivity index (χ1n) is 6.80. The predicted octanol–water partition coefficient (Wildman–Crippen LogP) is 2.80. The molecule has 0 radical (unpaired) electrons. The molecule has 2 nitrogen and oxygen atoms in total. The van der Waals surface area contributed by atoms with Crippen LogP contribution in [0, 0.1) is 19.8 Å². The van der Waals surface area contributed by atoms with Gasteiger partial charge in [-0.2, -0.15) is 0 Å². The predicted molar refractivity (Wildman–Crippen MR) is 77.4 cm³/mol. The molecule has 2 rings (SSSR count). The van der Waals surface area contributed by atoms with Crippen LogP contribution >= 0.6 is 0 Å². The van der Waals surface area contributed by atoms with E-state index in [1.54, 1.807) is 0 Å². The second kappa shape index (κ2) is 5.98. The van der Waals surface area contributed by atoms with Crippen molar-refractivity contribution in [2.75, 3.05) is 12.3 Å². The molecule has 3 heteroatoms. The fraction of sp³-hybridized carbons (Fsp3) is 0.600. The van der Waals surface area contributed by atoms with Crippen molar-refractivity contribution in [3.8, 4) is 0 Å². The molecule has 0 bridgehead atoms. The standard InChI is InChI=1S/C15H23NOS/c1-4-16-14(13-7-8-13)10-18(17)15-9-11(2)5-6-12(15)3/h5-6,9,13-14,16H,4,7-8,10H2,1-3H3. The molecule has 0 spiro atoms. The zero-order valence-electron chi connectivity index (χ0n) is 11.5. The minimum absolute atomic E-state index is 0.427. The van der Waals surface area contributed by atoms with Gasteiger partial charge in [-0.3, -0.25) is 4.21 Å². The first-order chi connectivity index (χ1) is 8.61. The number of nitrogens with one attached hydrogen (secondary N) is 1. The van der Waals surface area contributed by atoms with Crippen LogP contribution in [0.3, 0.4) is 0 Å². The zero-order chi connectivity index (χ0) is 13.1. The molecule has 1 aromatic rings. The second-order valence-corrected chi connectivity index (χ2v) is 6.75. The third-order valence-corrected chi connectivity index (χ3v) is 5.17. The van der Waals surface area contributed by atoms with E-state index in [9.17, 15) is 4.21 Å².